The lowest BCUT2D eigenvalue weighted by Gasteiger charge is -2.15. The third-order valence-corrected chi connectivity index (χ3v) is 2.75. The SMILES string of the molecule is CC(CCCO)NC(=O)COc1ccccc1C(F)(F)F. The second kappa shape index (κ2) is 7.87. The fourth-order valence-corrected chi connectivity index (χ4v) is 1.76. The Morgan fingerprint density at radius 3 is 2.67 bits per heavy atom. The van der Waals surface area contributed by atoms with Gasteiger partial charge in [-0.3, -0.25) is 4.79 Å². The number of carbonyl (C=O) groups is 1. The highest BCUT2D eigenvalue weighted by molar-refractivity contribution is 5.77. The smallest absolute Gasteiger partial charge is 0.419 e. The fourth-order valence-electron chi connectivity index (χ4n) is 1.76. The molecule has 0 aliphatic heterocycles. The van der Waals surface area contributed by atoms with Gasteiger partial charge in [0.2, 0.25) is 0 Å². The number of benzene rings is 1. The van der Waals surface area contributed by atoms with Gasteiger partial charge in [-0.15, -0.1) is 0 Å². The van der Waals surface area contributed by atoms with Crippen LogP contribution in [-0.4, -0.2) is 30.3 Å². The Bertz CT molecular complexity index is 463. The quantitative estimate of drug-likeness (QED) is 0.813. The van der Waals surface area contributed by atoms with Crippen LogP contribution in [0.4, 0.5) is 13.2 Å². The molecule has 0 saturated heterocycles. The Labute approximate surface area is 120 Å². The fraction of sp³-hybridized carbons (Fsp3) is 0.500. The molecule has 0 aliphatic carbocycles. The van der Waals surface area contributed by atoms with Crippen molar-refractivity contribution < 1.29 is 27.8 Å². The lowest BCUT2D eigenvalue weighted by Crippen LogP contribution is -2.36. The molecule has 0 aromatic heterocycles. The zero-order valence-electron chi connectivity index (χ0n) is 11.6. The Hall–Kier alpha value is -1.76. The highest BCUT2D eigenvalue weighted by atomic mass is 19.4. The average molecular weight is 305 g/mol. The number of aliphatic hydroxyl groups excluding tert-OH is 1. The topological polar surface area (TPSA) is 58.6 Å². The van der Waals surface area contributed by atoms with Crippen LogP contribution in [0.15, 0.2) is 24.3 Å². The van der Waals surface area contributed by atoms with Gasteiger partial charge in [-0.1, -0.05) is 12.1 Å². The van der Waals surface area contributed by atoms with E-state index >= 15 is 0 Å². The molecule has 21 heavy (non-hydrogen) atoms. The molecule has 0 spiro atoms. The predicted octanol–water partition coefficient (Wildman–Crippen LogP) is 2.36. The molecule has 0 fully saturated rings. The number of rotatable bonds is 7. The van der Waals surface area contributed by atoms with Crippen molar-refractivity contribution in [1.29, 1.82) is 0 Å². The molecular weight excluding hydrogens is 287 g/mol. The molecule has 1 aromatic rings. The van der Waals surface area contributed by atoms with E-state index in [2.05, 4.69) is 5.32 Å². The van der Waals surface area contributed by atoms with Gasteiger partial charge in [0.15, 0.2) is 6.61 Å². The number of alkyl halides is 3. The summed E-state index contributed by atoms with van der Waals surface area (Å²) in [5.41, 5.74) is -0.911. The van der Waals surface area contributed by atoms with Gasteiger partial charge in [0, 0.05) is 12.6 Å². The number of nitrogens with one attached hydrogen (secondary N) is 1. The minimum atomic E-state index is -4.53. The van der Waals surface area contributed by atoms with Crippen LogP contribution in [0.1, 0.15) is 25.3 Å². The molecule has 4 nitrogen and oxygen atoms in total. The summed E-state index contributed by atoms with van der Waals surface area (Å²) in [4.78, 5) is 11.6. The summed E-state index contributed by atoms with van der Waals surface area (Å²) in [7, 11) is 0. The number of hydrogen-bond acceptors (Lipinski definition) is 3. The van der Waals surface area contributed by atoms with E-state index in [-0.39, 0.29) is 18.4 Å². The lowest BCUT2D eigenvalue weighted by atomic mass is 10.2. The second-order valence-corrected chi connectivity index (χ2v) is 4.62. The molecule has 0 radical (unpaired) electrons. The summed E-state index contributed by atoms with van der Waals surface area (Å²) >= 11 is 0. The first-order chi connectivity index (χ1) is 9.84. The average Bonchev–Trinajstić information content (AvgIpc) is 2.42. The maximum absolute atomic E-state index is 12.7. The van der Waals surface area contributed by atoms with Crippen molar-refractivity contribution in [2.75, 3.05) is 13.2 Å². The van der Waals surface area contributed by atoms with Crippen LogP contribution in [0, 0.1) is 0 Å². The first kappa shape index (κ1) is 17.3. The number of carbonyl (C=O) groups excluding carboxylic acids is 1. The zero-order chi connectivity index (χ0) is 15.9. The molecule has 1 atom stereocenters. The van der Waals surface area contributed by atoms with Gasteiger partial charge in [0.25, 0.3) is 5.91 Å². The molecule has 1 amide bonds. The summed E-state index contributed by atoms with van der Waals surface area (Å²) in [6.07, 6.45) is -3.40. The van der Waals surface area contributed by atoms with Crippen molar-refractivity contribution >= 4 is 5.91 Å². The predicted molar refractivity (Wildman–Crippen MR) is 70.9 cm³/mol. The molecular formula is C14H18F3NO3. The van der Waals surface area contributed by atoms with E-state index in [1.807, 2.05) is 0 Å². The van der Waals surface area contributed by atoms with Crippen LogP contribution in [0.5, 0.6) is 5.75 Å². The third kappa shape index (κ3) is 6.03. The molecule has 1 rings (SSSR count). The minimum absolute atomic E-state index is 0.0235. The maximum Gasteiger partial charge on any atom is 0.419 e. The largest absolute Gasteiger partial charge is 0.483 e. The summed E-state index contributed by atoms with van der Waals surface area (Å²) in [6, 6.07) is 4.56. The van der Waals surface area contributed by atoms with Crippen LogP contribution in [0.25, 0.3) is 0 Å². The lowest BCUT2D eigenvalue weighted by molar-refractivity contribution is -0.139. The number of halogens is 3. The monoisotopic (exact) mass is 305 g/mol. The van der Waals surface area contributed by atoms with Crippen LogP contribution in [0.3, 0.4) is 0 Å². The van der Waals surface area contributed by atoms with Gasteiger partial charge in [-0.05, 0) is 31.9 Å². The number of aliphatic hydroxyl groups is 1. The summed E-state index contributed by atoms with van der Waals surface area (Å²) in [6.45, 7) is 1.28. The maximum atomic E-state index is 12.7. The molecule has 0 bridgehead atoms. The van der Waals surface area contributed by atoms with E-state index in [1.54, 1.807) is 6.92 Å². The van der Waals surface area contributed by atoms with Gasteiger partial charge in [-0.25, -0.2) is 0 Å². The standard InChI is InChI=1S/C14H18F3NO3/c1-10(5-4-8-19)18-13(20)9-21-12-7-3-2-6-11(12)14(15,16)17/h2-3,6-7,10,19H,4-5,8-9H2,1H3,(H,18,20). The molecule has 118 valence electrons. The molecule has 0 heterocycles. The van der Waals surface area contributed by atoms with E-state index in [0.717, 1.165) is 6.07 Å². The van der Waals surface area contributed by atoms with Crippen molar-refractivity contribution in [2.45, 2.75) is 32.0 Å². The summed E-state index contributed by atoms with van der Waals surface area (Å²) in [5, 5.41) is 11.3. The minimum Gasteiger partial charge on any atom is -0.483 e. The molecule has 0 aliphatic rings. The Balaban J connectivity index is 2.54. The van der Waals surface area contributed by atoms with Gasteiger partial charge >= 0.3 is 6.18 Å². The van der Waals surface area contributed by atoms with Crippen molar-refractivity contribution in [3.8, 4) is 5.75 Å². The van der Waals surface area contributed by atoms with Crippen molar-refractivity contribution in [3.05, 3.63) is 29.8 Å². The van der Waals surface area contributed by atoms with Crippen molar-refractivity contribution in [3.63, 3.8) is 0 Å². The second-order valence-electron chi connectivity index (χ2n) is 4.62. The molecule has 0 saturated carbocycles. The van der Waals surface area contributed by atoms with Gasteiger partial charge < -0.3 is 15.2 Å². The van der Waals surface area contributed by atoms with E-state index in [1.165, 1.54) is 18.2 Å². The highest BCUT2D eigenvalue weighted by Gasteiger charge is 2.34. The first-order valence-electron chi connectivity index (χ1n) is 6.54. The summed E-state index contributed by atoms with van der Waals surface area (Å²) < 4.78 is 43.1. The van der Waals surface area contributed by atoms with Crippen molar-refractivity contribution in [2.24, 2.45) is 0 Å². The Morgan fingerprint density at radius 2 is 2.05 bits per heavy atom. The molecule has 1 aromatic carbocycles. The normalized spacial score (nSPS) is 12.8. The van der Waals surface area contributed by atoms with Gasteiger partial charge in [0.05, 0.1) is 5.56 Å². The van der Waals surface area contributed by atoms with Crippen molar-refractivity contribution in [1.82, 2.24) is 5.32 Å². The number of amides is 1. The van der Waals surface area contributed by atoms with Crippen LogP contribution < -0.4 is 10.1 Å². The van der Waals surface area contributed by atoms with Gasteiger partial charge in [-0.2, -0.15) is 13.2 Å². The third-order valence-electron chi connectivity index (χ3n) is 2.75. The number of hydrogen-bond donors (Lipinski definition) is 2. The summed E-state index contributed by atoms with van der Waals surface area (Å²) in [5.74, 6) is -0.874. The zero-order valence-corrected chi connectivity index (χ0v) is 11.6. The van der Waals surface area contributed by atoms with E-state index < -0.39 is 24.3 Å². The molecule has 2 N–H and O–H groups in total. The Kier molecular flexibility index (Phi) is 6.48. The number of para-hydroxylation sites is 1. The van der Waals surface area contributed by atoms with Crippen LogP contribution in [0.2, 0.25) is 0 Å². The van der Waals surface area contributed by atoms with Crippen LogP contribution >= 0.6 is 0 Å². The Morgan fingerprint density at radius 1 is 1.38 bits per heavy atom. The van der Waals surface area contributed by atoms with Crippen LogP contribution in [-0.2, 0) is 11.0 Å². The van der Waals surface area contributed by atoms with E-state index in [9.17, 15) is 18.0 Å². The number of ether oxygens (including phenoxy) is 1. The first-order valence-corrected chi connectivity index (χ1v) is 6.54. The van der Waals surface area contributed by atoms with E-state index in [4.69, 9.17) is 9.84 Å². The highest BCUT2D eigenvalue weighted by Crippen LogP contribution is 2.35. The van der Waals surface area contributed by atoms with E-state index in [0.29, 0.717) is 12.8 Å². The molecule has 1 unspecified atom stereocenters. The molecule has 7 heteroatoms. The van der Waals surface area contributed by atoms with Gasteiger partial charge in [0.1, 0.15) is 5.75 Å².